The van der Waals surface area contributed by atoms with Crippen LogP contribution in [-0.2, 0) is 13.2 Å². The molecule has 6 heteroatoms. The van der Waals surface area contributed by atoms with Gasteiger partial charge in [0.1, 0.15) is 18.1 Å². The van der Waals surface area contributed by atoms with Crippen LogP contribution in [0.5, 0.6) is 11.5 Å². The van der Waals surface area contributed by atoms with Gasteiger partial charge in [-0.25, -0.2) is 0 Å². The Labute approximate surface area is 194 Å². The van der Waals surface area contributed by atoms with E-state index in [1.54, 1.807) is 0 Å². The molecule has 2 aromatic rings. The van der Waals surface area contributed by atoms with E-state index in [9.17, 15) is 0 Å². The number of hydrogen-bond donors (Lipinski definition) is 1. The van der Waals surface area contributed by atoms with Crippen molar-refractivity contribution in [3.05, 3.63) is 57.0 Å². The molecule has 0 aromatic heterocycles. The van der Waals surface area contributed by atoms with E-state index in [1.165, 1.54) is 5.56 Å². The highest BCUT2D eigenvalue weighted by Crippen LogP contribution is 2.27. The molecule has 1 unspecified atom stereocenters. The molecule has 0 spiro atoms. The smallest absolute Gasteiger partial charge is 0.123 e. The van der Waals surface area contributed by atoms with Gasteiger partial charge in [-0.15, -0.1) is 0 Å². The number of rotatable bonds is 12. The molecular formula is C24H34BrClN2O2. The third kappa shape index (κ3) is 8.84. The van der Waals surface area contributed by atoms with E-state index in [0.717, 1.165) is 47.6 Å². The average molecular weight is 498 g/mol. The standard InChI is InChI=1S/C24H34BrClN2O2/c1-17(2)15-29-22-9-19(14-28(4)8-7-18(3)13-27)10-23(12-22)30-16-20-5-6-21(26)11-24(20)25/h5-6,9-12,17-18H,7-8,13-16,27H2,1-4H3. The van der Waals surface area contributed by atoms with Gasteiger partial charge >= 0.3 is 0 Å². The minimum atomic E-state index is 0.453. The molecule has 2 aromatic carbocycles. The van der Waals surface area contributed by atoms with Crippen molar-refractivity contribution >= 4 is 27.5 Å². The number of hydrogen-bond acceptors (Lipinski definition) is 4. The second-order valence-corrected chi connectivity index (χ2v) is 9.70. The normalized spacial score (nSPS) is 12.4. The summed E-state index contributed by atoms with van der Waals surface area (Å²) >= 11 is 9.59. The third-order valence-corrected chi connectivity index (χ3v) is 5.76. The summed E-state index contributed by atoms with van der Waals surface area (Å²) < 4.78 is 13.0. The first-order valence-electron chi connectivity index (χ1n) is 10.5. The number of halogens is 2. The Hall–Kier alpha value is -1.27. The monoisotopic (exact) mass is 496 g/mol. The summed E-state index contributed by atoms with van der Waals surface area (Å²) in [6.07, 6.45) is 1.09. The van der Waals surface area contributed by atoms with Gasteiger partial charge in [0.15, 0.2) is 0 Å². The SMILES string of the molecule is CC(C)COc1cc(CN(C)CCC(C)CN)cc(OCc2ccc(Cl)cc2Br)c1. The summed E-state index contributed by atoms with van der Waals surface area (Å²) in [7, 11) is 2.14. The van der Waals surface area contributed by atoms with Gasteiger partial charge in [-0.2, -0.15) is 0 Å². The molecule has 2 rings (SSSR count). The summed E-state index contributed by atoms with van der Waals surface area (Å²) in [5.41, 5.74) is 7.96. The lowest BCUT2D eigenvalue weighted by molar-refractivity contribution is 0.263. The minimum absolute atomic E-state index is 0.453. The van der Waals surface area contributed by atoms with Crippen LogP contribution >= 0.6 is 27.5 Å². The van der Waals surface area contributed by atoms with Crippen LogP contribution in [0.2, 0.25) is 5.02 Å². The van der Waals surface area contributed by atoms with Gasteiger partial charge in [0, 0.05) is 27.7 Å². The molecule has 1 atom stereocenters. The molecular weight excluding hydrogens is 464 g/mol. The predicted molar refractivity (Wildman–Crippen MR) is 129 cm³/mol. The van der Waals surface area contributed by atoms with Crippen molar-refractivity contribution in [1.29, 1.82) is 0 Å². The van der Waals surface area contributed by atoms with Crippen LogP contribution in [0, 0.1) is 11.8 Å². The fourth-order valence-corrected chi connectivity index (χ4v) is 3.70. The fraction of sp³-hybridized carbons (Fsp3) is 0.500. The summed E-state index contributed by atoms with van der Waals surface area (Å²) in [6, 6.07) is 11.9. The number of benzene rings is 2. The molecule has 0 heterocycles. The Kier molecular flexibility index (Phi) is 10.5. The van der Waals surface area contributed by atoms with Crippen LogP contribution in [0.4, 0.5) is 0 Å². The average Bonchev–Trinajstić information content (AvgIpc) is 2.69. The van der Waals surface area contributed by atoms with Gasteiger partial charge in [0.2, 0.25) is 0 Å². The quantitative estimate of drug-likeness (QED) is 0.383. The second kappa shape index (κ2) is 12.6. The Morgan fingerprint density at radius 3 is 2.40 bits per heavy atom. The second-order valence-electron chi connectivity index (χ2n) is 8.41. The fourth-order valence-electron chi connectivity index (χ4n) is 2.90. The molecule has 0 aliphatic heterocycles. The van der Waals surface area contributed by atoms with E-state index < -0.39 is 0 Å². The van der Waals surface area contributed by atoms with E-state index in [0.29, 0.717) is 30.1 Å². The lowest BCUT2D eigenvalue weighted by Crippen LogP contribution is -2.23. The van der Waals surface area contributed by atoms with Gasteiger partial charge in [0.25, 0.3) is 0 Å². The van der Waals surface area contributed by atoms with Gasteiger partial charge in [0.05, 0.1) is 6.61 Å². The zero-order valence-electron chi connectivity index (χ0n) is 18.5. The van der Waals surface area contributed by atoms with Gasteiger partial charge < -0.3 is 20.1 Å². The van der Waals surface area contributed by atoms with Gasteiger partial charge in [-0.05, 0) is 68.2 Å². The lowest BCUT2D eigenvalue weighted by atomic mass is 10.1. The molecule has 4 nitrogen and oxygen atoms in total. The molecule has 0 radical (unpaired) electrons. The summed E-state index contributed by atoms with van der Waals surface area (Å²) in [5, 5.41) is 0.698. The molecule has 0 bridgehead atoms. The first-order valence-corrected chi connectivity index (χ1v) is 11.7. The Morgan fingerprint density at radius 1 is 1.07 bits per heavy atom. The van der Waals surface area contributed by atoms with Crippen LogP contribution in [0.25, 0.3) is 0 Å². The van der Waals surface area contributed by atoms with E-state index in [2.05, 4.69) is 60.8 Å². The predicted octanol–water partition coefficient (Wildman–Crippen LogP) is 6.13. The van der Waals surface area contributed by atoms with Crippen molar-refractivity contribution in [1.82, 2.24) is 4.90 Å². The van der Waals surface area contributed by atoms with E-state index in [1.807, 2.05) is 24.3 Å². The Balaban J connectivity index is 2.10. The number of nitrogens with two attached hydrogens (primary N) is 1. The van der Waals surface area contributed by atoms with Crippen molar-refractivity contribution in [2.75, 3.05) is 26.7 Å². The number of nitrogens with zero attached hydrogens (tertiary/aromatic N) is 1. The Morgan fingerprint density at radius 2 is 1.77 bits per heavy atom. The summed E-state index contributed by atoms with van der Waals surface area (Å²) in [5.74, 6) is 2.64. The molecule has 0 saturated heterocycles. The highest BCUT2D eigenvalue weighted by atomic mass is 79.9. The van der Waals surface area contributed by atoms with Gasteiger partial charge in [-0.3, -0.25) is 0 Å². The minimum Gasteiger partial charge on any atom is -0.493 e. The lowest BCUT2D eigenvalue weighted by Gasteiger charge is -2.20. The first-order chi connectivity index (χ1) is 14.3. The van der Waals surface area contributed by atoms with Crippen molar-refractivity contribution in [2.45, 2.75) is 40.3 Å². The maximum atomic E-state index is 6.11. The first kappa shape index (κ1) is 25.0. The molecule has 0 fully saturated rings. The maximum Gasteiger partial charge on any atom is 0.123 e. The largest absolute Gasteiger partial charge is 0.493 e. The van der Waals surface area contributed by atoms with Crippen LogP contribution < -0.4 is 15.2 Å². The van der Waals surface area contributed by atoms with E-state index >= 15 is 0 Å². The van der Waals surface area contributed by atoms with Crippen molar-refractivity contribution in [3.63, 3.8) is 0 Å². The zero-order chi connectivity index (χ0) is 22.1. The van der Waals surface area contributed by atoms with E-state index in [4.69, 9.17) is 26.8 Å². The summed E-state index contributed by atoms with van der Waals surface area (Å²) in [6.45, 7) is 10.2. The summed E-state index contributed by atoms with van der Waals surface area (Å²) in [4.78, 5) is 2.31. The third-order valence-electron chi connectivity index (χ3n) is 4.79. The van der Waals surface area contributed by atoms with E-state index in [-0.39, 0.29) is 0 Å². The van der Waals surface area contributed by atoms with Crippen molar-refractivity contribution in [2.24, 2.45) is 17.6 Å². The highest BCUT2D eigenvalue weighted by Gasteiger charge is 2.10. The molecule has 0 aliphatic rings. The van der Waals surface area contributed by atoms with Crippen LogP contribution in [0.1, 0.15) is 38.3 Å². The molecule has 0 amide bonds. The molecule has 166 valence electrons. The molecule has 30 heavy (non-hydrogen) atoms. The number of ether oxygens (including phenoxy) is 2. The molecule has 2 N–H and O–H groups in total. The van der Waals surface area contributed by atoms with Gasteiger partial charge in [-0.1, -0.05) is 54.4 Å². The highest BCUT2D eigenvalue weighted by molar-refractivity contribution is 9.10. The van der Waals surface area contributed by atoms with Crippen LogP contribution in [0.3, 0.4) is 0 Å². The maximum absolute atomic E-state index is 6.11. The topological polar surface area (TPSA) is 47.7 Å². The van der Waals surface area contributed by atoms with Crippen molar-refractivity contribution in [3.8, 4) is 11.5 Å². The molecule has 0 aliphatic carbocycles. The van der Waals surface area contributed by atoms with Crippen molar-refractivity contribution < 1.29 is 9.47 Å². The Bertz CT molecular complexity index is 801. The zero-order valence-corrected chi connectivity index (χ0v) is 20.8. The van der Waals surface area contributed by atoms with Crippen LogP contribution in [-0.4, -0.2) is 31.6 Å². The molecule has 0 saturated carbocycles. The van der Waals surface area contributed by atoms with Crippen LogP contribution in [0.15, 0.2) is 40.9 Å².